The maximum Gasteiger partial charge on any atom is 0.217 e. The number of nitrogens with zero attached hydrogens (tertiary/aromatic N) is 1. The van der Waals surface area contributed by atoms with Crippen molar-refractivity contribution in [2.24, 2.45) is 0 Å². The van der Waals surface area contributed by atoms with Gasteiger partial charge in [-0.15, -0.1) is 0 Å². The summed E-state index contributed by atoms with van der Waals surface area (Å²) in [5, 5.41) is 12.3. The summed E-state index contributed by atoms with van der Waals surface area (Å²) in [6.07, 6.45) is 0.822. The number of amides is 1. The number of hydrogen-bond donors (Lipinski definition) is 2. The molecule has 1 aliphatic rings. The molecule has 0 aromatic heterocycles. The third kappa shape index (κ3) is 3.31. The van der Waals surface area contributed by atoms with E-state index in [2.05, 4.69) is 22.3 Å². The maximum atomic E-state index is 11.1. The summed E-state index contributed by atoms with van der Waals surface area (Å²) >= 11 is 0. The Kier molecular flexibility index (Phi) is 4.33. The molecule has 4 heteroatoms. The van der Waals surface area contributed by atoms with Crippen LogP contribution in [0.3, 0.4) is 0 Å². The zero-order chi connectivity index (χ0) is 13.0. The fourth-order valence-corrected chi connectivity index (χ4v) is 2.58. The minimum atomic E-state index is -0.00162. The maximum absolute atomic E-state index is 11.1. The Morgan fingerprint density at radius 1 is 1.44 bits per heavy atom. The Balaban J connectivity index is 1.97. The molecule has 1 saturated heterocycles. The van der Waals surface area contributed by atoms with Crippen molar-refractivity contribution in [3.05, 3.63) is 35.9 Å². The highest BCUT2D eigenvalue weighted by Crippen LogP contribution is 2.20. The van der Waals surface area contributed by atoms with Crippen molar-refractivity contribution in [2.75, 3.05) is 13.2 Å². The first kappa shape index (κ1) is 13.1. The second-order valence-corrected chi connectivity index (χ2v) is 4.88. The number of nitrogens with one attached hydrogen (secondary N) is 1. The molecular weight excluding hydrogens is 228 g/mol. The predicted molar refractivity (Wildman–Crippen MR) is 69.9 cm³/mol. The van der Waals surface area contributed by atoms with E-state index in [0.717, 1.165) is 19.5 Å². The van der Waals surface area contributed by atoms with Crippen LogP contribution < -0.4 is 5.32 Å². The molecule has 1 aromatic carbocycles. The highest BCUT2D eigenvalue weighted by molar-refractivity contribution is 5.73. The standard InChI is InChI=1S/C14H20N2O2/c1-11(18)15-13-7-14(10-17)16(9-13)8-12-5-3-2-4-6-12/h2-6,13-14,17H,7-10H2,1H3,(H,15,18)/t13?,14-/m1/s1. The van der Waals surface area contributed by atoms with E-state index in [0.29, 0.717) is 0 Å². The van der Waals surface area contributed by atoms with Crippen molar-refractivity contribution >= 4 is 5.91 Å². The van der Waals surface area contributed by atoms with Crippen LogP contribution in [-0.4, -0.2) is 41.1 Å². The first-order chi connectivity index (χ1) is 8.69. The third-order valence-electron chi connectivity index (χ3n) is 3.37. The van der Waals surface area contributed by atoms with E-state index in [9.17, 15) is 9.90 Å². The molecule has 2 rings (SSSR count). The number of likely N-dealkylation sites (tertiary alicyclic amines) is 1. The van der Waals surface area contributed by atoms with Gasteiger partial charge in [0.1, 0.15) is 0 Å². The summed E-state index contributed by atoms with van der Waals surface area (Å²) in [6.45, 7) is 3.30. The fourth-order valence-electron chi connectivity index (χ4n) is 2.58. The van der Waals surface area contributed by atoms with Crippen molar-refractivity contribution in [1.82, 2.24) is 10.2 Å². The van der Waals surface area contributed by atoms with Gasteiger partial charge in [-0.3, -0.25) is 9.69 Å². The van der Waals surface area contributed by atoms with E-state index in [4.69, 9.17) is 0 Å². The monoisotopic (exact) mass is 248 g/mol. The lowest BCUT2D eigenvalue weighted by atomic mass is 10.1. The Morgan fingerprint density at radius 2 is 2.17 bits per heavy atom. The van der Waals surface area contributed by atoms with Crippen molar-refractivity contribution in [1.29, 1.82) is 0 Å². The van der Waals surface area contributed by atoms with E-state index in [1.54, 1.807) is 0 Å². The largest absolute Gasteiger partial charge is 0.395 e. The van der Waals surface area contributed by atoms with Crippen LogP contribution in [0, 0.1) is 0 Å². The molecule has 1 heterocycles. The van der Waals surface area contributed by atoms with E-state index in [-0.39, 0.29) is 24.6 Å². The number of carbonyl (C=O) groups excluding carboxylic acids is 1. The van der Waals surface area contributed by atoms with Gasteiger partial charge in [-0.1, -0.05) is 30.3 Å². The Labute approximate surface area is 108 Å². The lowest BCUT2D eigenvalue weighted by molar-refractivity contribution is -0.119. The molecule has 1 fully saturated rings. The second-order valence-electron chi connectivity index (χ2n) is 4.88. The van der Waals surface area contributed by atoms with Gasteiger partial charge < -0.3 is 10.4 Å². The molecule has 0 bridgehead atoms. The molecule has 0 aliphatic carbocycles. The van der Waals surface area contributed by atoms with E-state index < -0.39 is 0 Å². The van der Waals surface area contributed by atoms with Crippen LogP contribution in [0.4, 0.5) is 0 Å². The van der Waals surface area contributed by atoms with Gasteiger partial charge in [-0.05, 0) is 12.0 Å². The highest BCUT2D eigenvalue weighted by atomic mass is 16.3. The molecule has 1 aromatic rings. The van der Waals surface area contributed by atoms with Crippen LogP contribution in [0.25, 0.3) is 0 Å². The molecule has 1 amide bonds. The van der Waals surface area contributed by atoms with Gasteiger partial charge in [-0.2, -0.15) is 0 Å². The zero-order valence-electron chi connectivity index (χ0n) is 10.7. The van der Waals surface area contributed by atoms with E-state index in [1.165, 1.54) is 12.5 Å². The number of carbonyl (C=O) groups is 1. The van der Waals surface area contributed by atoms with Crippen LogP contribution in [-0.2, 0) is 11.3 Å². The average molecular weight is 248 g/mol. The molecule has 0 spiro atoms. The summed E-state index contributed by atoms with van der Waals surface area (Å²) < 4.78 is 0. The van der Waals surface area contributed by atoms with Gasteiger partial charge in [0.15, 0.2) is 0 Å². The number of benzene rings is 1. The minimum Gasteiger partial charge on any atom is -0.395 e. The lowest BCUT2D eigenvalue weighted by Crippen LogP contribution is -2.35. The molecule has 2 atom stereocenters. The molecule has 1 unspecified atom stereocenters. The zero-order valence-corrected chi connectivity index (χ0v) is 10.7. The molecule has 1 aliphatic heterocycles. The topological polar surface area (TPSA) is 52.6 Å². The highest BCUT2D eigenvalue weighted by Gasteiger charge is 2.31. The van der Waals surface area contributed by atoms with Crippen molar-refractivity contribution in [3.63, 3.8) is 0 Å². The van der Waals surface area contributed by atoms with Gasteiger partial charge in [0.25, 0.3) is 0 Å². The first-order valence-corrected chi connectivity index (χ1v) is 6.35. The van der Waals surface area contributed by atoms with Crippen molar-refractivity contribution in [2.45, 2.75) is 32.0 Å². The number of aliphatic hydroxyl groups is 1. The Bertz CT molecular complexity index is 394. The van der Waals surface area contributed by atoms with Crippen LogP contribution in [0.15, 0.2) is 30.3 Å². The lowest BCUT2D eigenvalue weighted by Gasteiger charge is -2.22. The second kappa shape index (κ2) is 5.98. The van der Waals surface area contributed by atoms with Crippen molar-refractivity contribution in [3.8, 4) is 0 Å². The van der Waals surface area contributed by atoms with Crippen LogP contribution in [0.5, 0.6) is 0 Å². The average Bonchev–Trinajstić information content (AvgIpc) is 2.71. The first-order valence-electron chi connectivity index (χ1n) is 6.35. The Hall–Kier alpha value is -1.39. The molecule has 0 radical (unpaired) electrons. The van der Waals surface area contributed by atoms with Crippen molar-refractivity contribution < 1.29 is 9.90 Å². The van der Waals surface area contributed by atoms with Gasteiger partial charge >= 0.3 is 0 Å². The summed E-state index contributed by atoms with van der Waals surface area (Å²) in [7, 11) is 0. The summed E-state index contributed by atoms with van der Waals surface area (Å²) in [5.74, 6) is -0.00162. The fraction of sp³-hybridized carbons (Fsp3) is 0.500. The smallest absolute Gasteiger partial charge is 0.217 e. The summed E-state index contributed by atoms with van der Waals surface area (Å²) in [6, 6.07) is 10.5. The van der Waals surface area contributed by atoms with Crippen LogP contribution >= 0.6 is 0 Å². The SMILES string of the molecule is CC(=O)NC1C[C@H](CO)N(Cc2ccccc2)C1. The molecule has 4 nitrogen and oxygen atoms in total. The van der Waals surface area contributed by atoms with E-state index in [1.807, 2.05) is 18.2 Å². The number of hydrogen-bond acceptors (Lipinski definition) is 3. The normalized spacial score (nSPS) is 24.1. The predicted octanol–water partition coefficient (Wildman–Crippen LogP) is 0.758. The molecular formula is C14H20N2O2. The van der Waals surface area contributed by atoms with Gasteiger partial charge in [0.2, 0.25) is 5.91 Å². The summed E-state index contributed by atoms with van der Waals surface area (Å²) in [4.78, 5) is 13.3. The quantitative estimate of drug-likeness (QED) is 0.827. The van der Waals surface area contributed by atoms with Gasteiger partial charge in [-0.25, -0.2) is 0 Å². The van der Waals surface area contributed by atoms with Gasteiger partial charge in [0.05, 0.1) is 6.61 Å². The van der Waals surface area contributed by atoms with Crippen LogP contribution in [0.1, 0.15) is 18.9 Å². The number of aliphatic hydroxyl groups excluding tert-OH is 1. The molecule has 18 heavy (non-hydrogen) atoms. The Morgan fingerprint density at radius 3 is 2.78 bits per heavy atom. The third-order valence-corrected chi connectivity index (χ3v) is 3.37. The van der Waals surface area contributed by atoms with Gasteiger partial charge in [0, 0.05) is 32.1 Å². The van der Waals surface area contributed by atoms with Crippen LogP contribution in [0.2, 0.25) is 0 Å². The number of rotatable bonds is 4. The molecule has 0 saturated carbocycles. The minimum absolute atomic E-state index is 0.00162. The molecule has 2 N–H and O–H groups in total. The summed E-state index contributed by atoms with van der Waals surface area (Å²) in [5.41, 5.74) is 1.24. The molecule has 98 valence electrons. The van der Waals surface area contributed by atoms with E-state index >= 15 is 0 Å².